The minimum atomic E-state index is -4.94. The number of carbonyl (C=O) groups excluding carboxylic acids is 1. The van der Waals surface area contributed by atoms with Crippen LogP contribution in [0, 0.1) is 5.92 Å². The molecule has 2 aliphatic heterocycles. The molecule has 2 fully saturated rings. The Bertz CT molecular complexity index is 622. The molecule has 0 aliphatic carbocycles. The molecule has 0 saturated carbocycles. The van der Waals surface area contributed by atoms with Gasteiger partial charge in [0.2, 0.25) is 0 Å². The molecular formula is C17H16F6OS. The highest BCUT2D eigenvalue weighted by Gasteiger charge is 2.40. The Labute approximate surface area is 145 Å². The van der Waals surface area contributed by atoms with E-state index in [1.807, 2.05) is 0 Å². The summed E-state index contributed by atoms with van der Waals surface area (Å²) in [4.78, 5) is 12.6. The van der Waals surface area contributed by atoms with Crippen LogP contribution in [0.5, 0.6) is 0 Å². The molecule has 0 N–H and O–H groups in total. The quantitative estimate of drug-likeness (QED) is 0.463. The van der Waals surface area contributed by atoms with E-state index in [1.54, 1.807) is 11.8 Å². The van der Waals surface area contributed by atoms with Crippen LogP contribution in [0.2, 0.25) is 0 Å². The monoisotopic (exact) mass is 382 g/mol. The summed E-state index contributed by atoms with van der Waals surface area (Å²) in [5.74, 6) is -1.10. The van der Waals surface area contributed by atoms with Crippen LogP contribution in [0.3, 0.4) is 0 Å². The van der Waals surface area contributed by atoms with Gasteiger partial charge in [0.05, 0.1) is 11.1 Å². The summed E-state index contributed by atoms with van der Waals surface area (Å²) >= 11 is 1.79. The van der Waals surface area contributed by atoms with Crippen molar-refractivity contribution in [2.24, 2.45) is 5.92 Å². The fourth-order valence-electron chi connectivity index (χ4n) is 3.61. The first-order valence-corrected chi connectivity index (χ1v) is 8.97. The van der Waals surface area contributed by atoms with E-state index in [4.69, 9.17) is 0 Å². The van der Waals surface area contributed by atoms with Crippen molar-refractivity contribution in [2.75, 3.05) is 0 Å². The fraction of sp³-hybridized carbons (Fsp3) is 0.588. The molecule has 0 radical (unpaired) electrons. The molecule has 2 unspecified atom stereocenters. The standard InChI is InChI=1S/C17H16F6OS/c18-16(19,20)11-4-9(5-12(8-11)17(21,22)23)15(24)10-6-13-2-1-3-14(7-10)25-13/h4-5,8,10,13-14H,1-3,6-7H2. The fourth-order valence-corrected chi connectivity index (χ4v) is 5.44. The molecule has 2 atom stereocenters. The van der Waals surface area contributed by atoms with Gasteiger partial charge in [0.1, 0.15) is 0 Å². The van der Waals surface area contributed by atoms with Gasteiger partial charge in [-0.25, -0.2) is 0 Å². The number of carbonyl (C=O) groups is 1. The zero-order valence-electron chi connectivity index (χ0n) is 13.1. The maximum Gasteiger partial charge on any atom is 0.416 e. The maximum absolute atomic E-state index is 12.9. The highest BCUT2D eigenvalue weighted by Crippen LogP contribution is 2.45. The molecule has 138 valence electrons. The SMILES string of the molecule is O=C(c1cc(C(F)(F)F)cc(C(F)(F)F)c1)C1CC2CCCC(C1)S2. The minimum Gasteiger partial charge on any atom is -0.294 e. The summed E-state index contributed by atoms with van der Waals surface area (Å²) in [5.41, 5.74) is -3.36. The molecule has 25 heavy (non-hydrogen) atoms. The summed E-state index contributed by atoms with van der Waals surface area (Å²) in [5, 5.41) is 0.545. The van der Waals surface area contributed by atoms with Crippen LogP contribution in [0.25, 0.3) is 0 Å². The molecule has 2 heterocycles. The van der Waals surface area contributed by atoms with Crippen LogP contribution in [-0.2, 0) is 12.4 Å². The van der Waals surface area contributed by atoms with Gasteiger partial charge in [-0.3, -0.25) is 4.79 Å². The molecule has 2 bridgehead atoms. The molecule has 0 amide bonds. The number of alkyl halides is 6. The number of hydrogen-bond donors (Lipinski definition) is 0. The first-order chi connectivity index (χ1) is 11.5. The third kappa shape index (κ3) is 4.15. The predicted molar refractivity (Wildman–Crippen MR) is 82.5 cm³/mol. The van der Waals surface area contributed by atoms with Gasteiger partial charge in [-0.05, 0) is 43.9 Å². The van der Waals surface area contributed by atoms with E-state index < -0.39 is 40.7 Å². The number of halogens is 6. The normalized spacial score (nSPS) is 27.2. The van der Waals surface area contributed by atoms with Gasteiger partial charge in [0.15, 0.2) is 5.78 Å². The van der Waals surface area contributed by atoms with Gasteiger partial charge in [-0.15, -0.1) is 0 Å². The van der Waals surface area contributed by atoms with Gasteiger partial charge in [0, 0.05) is 22.0 Å². The van der Waals surface area contributed by atoms with Gasteiger partial charge in [-0.1, -0.05) is 6.42 Å². The molecule has 2 aliphatic rings. The predicted octanol–water partition coefficient (Wildman–Crippen LogP) is 5.97. The first-order valence-electron chi connectivity index (χ1n) is 8.03. The lowest BCUT2D eigenvalue weighted by Crippen LogP contribution is -2.33. The average Bonchev–Trinajstić information content (AvgIpc) is 2.51. The molecule has 3 rings (SSSR count). The maximum atomic E-state index is 12.9. The number of benzene rings is 1. The largest absolute Gasteiger partial charge is 0.416 e. The lowest BCUT2D eigenvalue weighted by atomic mass is 9.84. The van der Waals surface area contributed by atoms with E-state index in [2.05, 4.69) is 0 Å². The summed E-state index contributed by atoms with van der Waals surface area (Å²) in [7, 11) is 0. The van der Waals surface area contributed by atoms with Crippen molar-refractivity contribution in [1.82, 2.24) is 0 Å². The number of rotatable bonds is 2. The first kappa shape index (κ1) is 18.6. The van der Waals surface area contributed by atoms with Gasteiger partial charge < -0.3 is 0 Å². The van der Waals surface area contributed by atoms with Crippen molar-refractivity contribution < 1.29 is 31.1 Å². The Morgan fingerprint density at radius 2 is 1.36 bits per heavy atom. The van der Waals surface area contributed by atoms with Crippen molar-refractivity contribution in [3.8, 4) is 0 Å². The van der Waals surface area contributed by atoms with E-state index in [9.17, 15) is 31.1 Å². The van der Waals surface area contributed by atoms with Crippen molar-refractivity contribution in [2.45, 2.75) is 55.0 Å². The molecule has 0 spiro atoms. The number of hydrogen-bond acceptors (Lipinski definition) is 2. The number of fused-ring (bicyclic) bond motifs is 2. The Balaban J connectivity index is 1.94. The average molecular weight is 382 g/mol. The van der Waals surface area contributed by atoms with E-state index in [0.29, 0.717) is 25.0 Å². The Kier molecular flexibility index (Phi) is 4.85. The smallest absolute Gasteiger partial charge is 0.294 e. The molecular weight excluding hydrogens is 366 g/mol. The third-order valence-corrected chi connectivity index (χ3v) is 6.40. The van der Waals surface area contributed by atoms with Crippen LogP contribution < -0.4 is 0 Å². The third-order valence-electron chi connectivity index (χ3n) is 4.77. The highest BCUT2D eigenvalue weighted by atomic mass is 32.2. The van der Waals surface area contributed by atoms with E-state index >= 15 is 0 Å². The second-order valence-electron chi connectivity index (χ2n) is 6.64. The van der Waals surface area contributed by atoms with Gasteiger partial charge in [-0.2, -0.15) is 38.1 Å². The topological polar surface area (TPSA) is 17.1 Å². The zero-order valence-corrected chi connectivity index (χ0v) is 13.9. The van der Waals surface area contributed by atoms with Gasteiger partial charge >= 0.3 is 12.4 Å². The summed E-state index contributed by atoms with van der Waals surface area (Å²) < 4.78 is 77.7. The van der Waals surface area contributed by atoms with E-state index in [0.717, 1.165) is 19.3 Å². The highest BCUT2D eigenvalue weighted by molar-refractivity contribution is 8.00. The van der Waals surface area contributed by atoms with Crippen molar-refractivity contribution in [3.05, 3.63) is 34.9 Å². The van der Waals surface area contributed by atoms with Crippen molar-refractivity contribution in [1.29, 1.82) is 0 Å². The van der Waals surface area contributed by atoms with Crippen molar-refractivity contribution >= 4 is 17.5 Å². The Morgan fingerprint density at radius 3 is 1.80 bits per heavy atom. The molecule has 1 aromatic rings. The Hall–Kier alpha value is -1.18. The molecule has 2 saturated heterocycles. The van der Waals surface area contributed by atoms with E-state index in [1.165, 1.54) is 0 Å². The molecule has 0 aromatic heterocycles. The second kappa shape index (κ2) is 6.52. The van der Waals surface area contributed by atoms with Crippen molar-refractivity contribution in [3.63, 3.8) is 0 Å². The van der Waals surface area contributed by atoms with Crippen LogP contribution >= 0.6 is 11.8 Å². The van der Waals surface area contributed by atoms with Crippen LogP contribution in [-0.4, -0.2) is 16.3 Å². The minimum absolute atomic E-state index is 0.0578. The summed E-state index contributed by atoms with van der Waals surface area (Å²) in [6, 6.07) is 1.16. The second-order valence-corrected chi connectivity index (χ2v) is 8.24. The van der Waals surface area contributed by atoms with E-state index in [-0.39, 0.29) is 16.6 Å². The summed E-state index contributed by atoms with van der Waals surface area (Å²) in [6.45, 7) is 0. The van der Waals surface area contributed by atoms with Gasteiger partial charge in [0.25, 0.3) is 0 Å². The number of thioether (sulfide) groups is 1. The molecule has 1 nitrogen and oxygen atoms in total. The number of Topliss-reactive ketones (excluding diaryl/α,β-unsaturated/α-hetero) is 1. The van der Waals surface area contributed by atoms with Crippen LogP contribution in [0.15, 0.2) is 18.2 Å². The summed E-state index contributed by atoms with van der Waals surface area (Å²) in [6.07, 6.45) is -5.87. The number of ketones is 1. The van der Waals surface area contributed by atoms with Crippen LogP contribution in [0.4, 0.5) is 26.3 Å². The lowest BCUT2D eigenvalue weighted by Gasteiger charge is -2.38. The molecule has 8 heteroatoms. The zero-order chi connectivity index (χ0) is 18.4. The van der Waals surface area contributed by atoms with Crippen LogP contribution in [0.1, 0.15) is 53.6 Å². The Morgan fingerprint density at radius 1 is 0.880 bits per heavy atom. The lowest BCUT2D eigenvalue weighted by molar-refractivity contribution is -0.143. The molecule has 1 aromatic carbocycles.